The second kappa shape index (κ2) is 6.56. The van der Waals surface area contributed by atoms with Crippen molar-refractivity contribution in [2.75, 3.05) is 7.11 Å². The summed E-state index contributed by atoms with van der Waals surface area (Å²) in [6, 6.07) is 11.3. The molecule has 3 N–H and O–H groups in total. The lowest BCUT2D eigenvalue weighted by Gasteiger charge is -2.09. The molecule has 0 saturated heterocycles. The summed E-state index contributed by atoms with van der Waals surface area (Å²) in [7, 11) is 1.57. The molecule has 0 aliphatic carbocycles. The van der Waals surface area contributed by atoms with Gasteiger partial charge in [-0.2, -0.15) is 18.3 Å². The first-order chi connectivity index (χ1) is 11.9. The molecule has 0 aliphatic rings. The fourth-order valence-electron chi connectivity index (χ4n) is 2.32. The highest BCUT2D eigenvalue weighted by Crippen LogP contribution is 2.30. The van der Waals surface area contributed by atoms with Gasteiger partial charge in [-0.25, -0.2) is 4.98 Å². The Balaban J connectivity index is 1.81. The largest absolute Gasteiger partial charge is 0.497 e. The Labute approximate surface area is 141 Å². The number of ether oxygens (including phenoxy) is 1. The van der Waals surface area contributed by atoms with Crippen LogP contribution in [0.2, 0.25) is 0 Å². The number of aromatic amines is 1. The van der Waals surface area contributed by atoms with E-state index in [1.165, 1.54) is 12.1 Å². The van der Waals surface area contributed by atoms with E-state index >= 15 is 0 Å². The minimum absolute atomic E-state index is 0.285. The predicted molar refractivity (Wildman–Crippen MR) is 85.8 cm³/mol. The molecule has 3 rings (SSSR count). The van der Waals surface area contributed by atoms with Crippen molar-refractivity contribution in [1.29, 1.82) is 0 Å². The molecule has 3 aromatic rings. The summed E-state index contributed by atoms with van der Waals surface area (Å²) < 4.78 is 42.9. The fourth-order valence-corrected chi connectivity index (χ4v) is 2.32. The second-order valence-corrected chi connectivity index (χ2v) is 5.37. The van der Waals surface area contributed by atoms with Crippen molar-refractivity contribution in [1.82, 2.24) is 15.2 Å². The maximum Gasteiger partial charge on any atom is 0.416 e. The highest BCUT2D eigenvalue weighted by molar-refractivity contribution is 5.55. The summed E-state index contributed by atoms with van der Waals surface area (Å²) in [5.41, 5.74) is 6.71. The first-order valence-electron chi connectivity index (χ1n) is 7.38. The zero-order valence-corrected chi connectivity index (χ0v) is 13.2. The Hall–Kier alpha value is -2.87. The van der Waals surface area contributed by atoms with Crippen LogP contribution in [0.1, 0.15) is 23.0 Å². The van der Waals surface area contributed by atoms with Gasteiger partial charge in [0.15, 0.2) is 5.82 Å². The number of hydrogen-bond acceptors (Lipinski definition) is 4. The molecule has 5 nitrogen and oxygen atoms in total. The van der Waals surface area contributed by atoms with Crippen LogP contribution in [-0.4, -0.2) is 22.3 Å². The Kier molecular flexibility index (Phi) is 4.45. The minimum Gasteiger partial charge on any atom is -0.497 e. The summed E-state index contributed by atoms with van der Waals surface area (Å²) >= 11 is 0. The molecular weight excluding hydrogens is 333 g/mol. The number of hydrogen-bond donors (Lipinski definition) is 2. The van der Waals surface area contributed by atoms with Crippen LogP contribution >= 0.6 is 0 Å². The van der Waals surface area contributed by atoms with Crippen LogP contribution in [-0.2, 0) is 6.18 Å². The molecule has 0 saturated carbocycles. The Morgan fingerprint density at radius 3 is 2.24 bits per heavy atom. The van der Waals surface area contributed by atoms with Gasteiger partial charge in [0.1, 0.15) is 11.6 Å². The average molecular weight is 348 g/mol. The zero-order valence-electron chi connectivity index (χ0n) is 13.2. The van der Waals surface area contributed by atoms with Gasteiger partial charge in [-0.15, -0.1) is 0 Å². The molecule has 1 atom stereocenters. The SMILES string of the molecule is COc1ccc([C@@H](N)c2nc(-c3ccc(C(F)(F)F)cc3)n[nH]2)cc1. The molecule has 0 fully saturated rings. The number of methoxy groups -OCH3 is 1. The summed E-state index contributed by atoms with van der Waals surface area (Å²) in [5.74, 6) is 1.41. The third-order valence-corrected chi connectivity index (χ3v) is 3.74. The summed E-state index contributed by atoms with van der Waals surface area (Å²) in [5, 5.41) is 6.77. The molecule has 0 aliphatic heterocycles. The first-order valence-corrected chi connectivity index (χ1v) is 7.38. The van der Waals surface area contributed by atoms with Crippen LogP contribution in [0, 0.1) is 0 Å². The van der Waals surface area contributed by atoms with E-state index < -0.39 is 17.8 Å². The summed E-state index contributed by atoms with van der Waals surface area (Å²) in [4.78, 5) is 4.29. The number of H-pyrrole nitrogens is 1. The first kappa shape index (κ1) is 17.0. The van der Waals surface area contributed by atoms with Crippen LogP contribution in [0.15, 0.2) is 48.5 Å². The van der Waals surface area contributed by atoms with E-state index in [1.807, 2.05) is 12.1 Å². The van der Waals surface area contributed by atoms with Crippen molar-refractivity contribution >= 4 is 0 Å². The van der Waals surface area contributed by atoms with Gasteiger partial charge in [-0.05, 0) is 29.8 Å². The topological polar surface area (TPSA) is 76.8 Å². The molecule has 1 aromatic heterocycles. The average Bonchev–Trinajstić information content (AvgIpc) is 3.10. The van der Waals surface area contributed by atoms with Gasteiger partial charge in [0, 0.05) is 5.56 Å². The van der Waals surface area contributed by atoms with E-state index in [4.69, 9.17) is 10.5 Å². The lowest BCUT2D eigenvalue weighted by atomic mass is 10.1. The van der Waals surface area contributed by atoms with Crippen LogP contribution in [0.5, 0.6) is 5.75 Å². The van der Waals surface area contributed by atoms with Crippen LogP contribution in [0.4, 0.5) is 13.2 Å². The molecule has 1 heterocycles. The van der Waals surface area contributed by atoms with Crippen LogP contribution in [0.3, 0.4) is 0 Å². The summed E-state index contributed by atoms with van der Waals surface area (Å²) in [6.07, 6.45) is -4.38. The number of nitrogens with one attached hydrogen (secondary N) is 1. The van der Waals surface area contributed by atoms with E-state index in [2.05, 4.69) is 15.2 Å². The zero-order chi connectivity index (χ0) is 18.0. The molecule has 0 bridgehead atoms. The van der Waals surface area contributed by atoms with Gasteiger partial charge in [-0.1, -0.05) is 24.3 Å². The minimum atomic E-state index is -4.38. The van der Waals surface area contributed by atoms with E-state index in [9.17, 15) is 13.2 Å². The highest BCUT2D eigenvalue weighted by Gasteiger charge is 2.30. The lowest BCUT2D eigenvalue weighted by molar-refractivity contribution is -0.137. The fraction of sp³-hybridized carbons (Fsp3) is 0.176. The van der Waals surface area contributed by atoms with E-state index in [0.29, 0.717) is 17.1 Å². The molecule has 130 valence electrons. The monoisotopic (exact) mass is 348 g/mol. The second-order valence-electron chi connectivity index (χ2n) is 5.37. The lowest BCUT2D eigenvalue weighted by Crippen LogP contribution is -2.13. The van der Waals surface area contributed by atoms with Crippen molar-refractivity contribution < 1.29 is 17.9 Å². The van der Waals surface area contributed by atoms with Gasteiger partial charge in [0.05, 0.1) is 18.7 Å². The molecule has 0 spiro atoms. The van der Waals surface area contributed by atoms with Gasteiger partial charge in [0.25, 0.3) is 0 Å². The molecule has 25 heavy (non-hydrogen) atoms. The van der Waals surface area contributed by atoms with E-state index in [-0.39, 0.29) is 5.82 Å². The number of nitrogens with two attached hydrogens (primary N) is 1. The molecule has 0 unspecified atom stereocenters. The van der Waals surface area contributed by atoms with E-state index in [1.54, 1.807) is 19.2 Å². The predicted octanol–water partition coefficient (Wildman–Crippen LogP) is 3.55. The number of rotatable bonds is 4. The standard InChI is InChI=1S/C17H15F3N4O/c1-25-13-8-4-10(5-9-13)14(21)16-22-15(23-24-16)11-2-6-12(7-3-11)17(18,19)20/h2-9,14H,21H2,1H3,(H,22,23,24)/t14-/m1/s1. The van der Waals surface area contributed by atoms with E-state index in [0.717, 1.165) is 17.7 Å². The van der Waals surface area contributed by atoms with Gasteiger partial charge in [0.2, 0.25) is 0 Å². The Morgan fingerprint density at radius 1 is 1.04 bits per heavy atom. The van der Waals surface area contributed by atoms with Crippen molar-refractivity contribution in [3.8, 4) is 17.1 Å². The van der Waals surface area contributed by atoms with Crippen molar-refractivity contribution in [3.63, 3.8) is 0 Å². The Morgan fingerprint density at radius 2 is 1.68 bits per heavy atom. The van der Waals surface area contributed by atoms with Gasteiger partial charge < -0.3 is 10.5 Å². The number of halogens is 3. The highest BCUT2D eigenvalue weighted by atomic mass is 19.4. The number of nitrogens with zero attached hydrogens (tertiary/aromatic N) is 2. The molecule has 0 radical (unpaired) electrons. The third-order valence-electron chi connectivity index (χ3n) is 3.74. The van der Waals surface area contributed by atoms with Crippen LogP contribution < -0.4 is 10.5 Å². The quantitative estimate of drug-likeness (QED) is 0.756. The van der Waals surface area contributed by atoms with Crippen molar-refractivity contribution in [3.05, 3.63) is 65.5 Å². The smallest absolute Gasteiger partial charge is 0.416 e. The Bertz CT molecular complexity index is 842. The number of aromatic nitrogens is 3. The van der Waals surface area contributed by atoms with Crippen molar-refractivity contribution in [2.24, 2.45) is 5.73 Å². The molecule has 8 heteroatoms. The van der Waals surface area contributed by atoms with Crippen LogP contribution in [0.25, 0.3) is 11.4 Å². The number of alkyl halides is 3. The maximum atomic E-state index is 12.6. The molecule has 0 amide bonds. The molecular formula is C17H15F3N4O. The number of benzene rings is 2. The summed E-state index contributed by atoms with van der Waals surface area (Å²) in [6.45, 7) is 0. The van der Waals surface area contributed by atoms with Gasteiger partial charge in [-0.3, -0.25) is 5.10 Å². The normalized spacial score (nSPS) is 12.8. The molecule has 2 aromatic carbocycles. The van der Waals surface area contributed by atoms with Crippen molar-refractivity contribution in [2.45, 2.75) is 12.2 Å². The third kappa shape index (κ3) is 3.63. The van der Waals surface area contributed by atoms with Gasteiger partial charge >= 0.3 is 6.18 Å². The maximum absolute atomic E-state index is 12.6.